The lowest BCUT2D eigenvalue weighted by atomic mass is 9.48. The first-order valence-corrected chi connectivity index (χ1v) is 11.4. The Morgan fingerprint density at radius 3 is 2.41 bits per heavy atom. The topological polar surface area (TPSA) is 44.8 Å². The first-order valence-electron chi connectivity index (χ1n) is 11.4. The summed E-state index contributed by atoms with van der Waals surface area (Å²) in [7, 11) is 0. The predicted octanol–water partition coefficient (Wildman–Crippen LogP) is 4.56. The van der Waals surface area contributed by atoms with Gasteiger partial charge in [-0.15, -0.1) is 0 Å². The summed E-state index contributed by atoms with van der Waals surface area (Å²) in [6.07, 6.45) is 9.85. The van der Waals surface area contributed by atoms with Gasteiger partial charge in [-0.2, -0.15) is 0 Å². The van der Waals surface area contributed by atoms with Crippen molar-refractivity contribution in [1.29, 1.82) is 0 Å². The van der Waals surface area contributed by atoms with Crippen molar-refractivity contribution in [2.75, 3.05) is 13.2 Å². The second-order valence-corrected chi connectivity index (χ2v) is 10.5. The molecule has 0 radical (unpaired) electrons. The molecule has 4 heteroatoms. The normalized spacial score (nSPS) is 50.7. The number of ether oxygens (including phenoxy) is 3. The first kappa shape index (κ1) is 18.4. The highest BCUT2D eigenvalue weighted by Gasteiger charge is 2.66. The number of hydrogen-bond donors (Lipinski definition) is 0. The molecule has 4 aliphatic carbocycles. The molecule has 1 spiro atoms. The Kier molecular flexibility index (Phi) is 4.40. The lowest BCUT2D eigenvalue weighted by molar-refractivity contribution is -0.245. The van der Waals surface area contributed by atoms with Crippen LogP contribution >= 0.6 is 0 Å². The van der Waals surface area contributed by atoms with Gasteiger partial charge >= 0.3 is 5.97 Å². The van der Waals surface area contributed by atoms with E-state index in [1.165, 1.54) is 32.1 Å². The van der Waals surface area contributed by atoms with E-state index >= 15 is 0 Å². The zero-order valence-electron chi connectivity index (χ0n) is 17.2. The summed E-state index contributed by atoms with van der Waals surface area (Å²) >= 11 is 0. The summed E-state index contributed by atoms with van der Waals surface area (Å²) in [6, 6.07) is 0. The van der Waals surface area contributed by atoms with Crippen LogP contribution in [0.25, 0.3) is 0 Å². The van der Waals surface area contributed by atoms with Crippen LogP contribution in [0.15, 0.2) is 0 Å². The molecule has 5 fully saturated rings. The number of esters is 1. The molecule has 0 aromatic rings. The zero-order chi connectivity index (χ0) is 18.8. The quantitative estimate of drug-likeness (QED) is 0.629. The molecular weight excluding hydrogens is 340 g/mol. The number of rotatable bonds is 1. The van der Waals surface area contributed by atoms with E-state index < -0.39 is 0 Å². The van der Waals surface area contributed by atoms with E-state index in [9.17, 15) is 4.79 Å². The van der Waals surface area contributed by atoms with Crippen molar-refractivity contribution in [3.05, 3.63) is 0 Å². The highest BCUT2D eigenvalue weighted by Crippen LogP contribution is 2.67. The van der Waals surface area contributed by atoms with Gasteiger partial charge < -0.3 is 14.2 Å². The Morgan fingerprint density at radius 1 is 0.926 bits per heavy atom. The predicted molar refractivity (Wildman–Crippen MR) is 102 cm³/mol. The Bertz CT molecular complexity index is 597. The zero-order valence-corrected chi connectivity index (χ0v) is 17.2. The van der Waals surface area contributed by atoms with Gasteiger partial charge in [-0.1, -0.05) is 13.8 Å². The van der Waals surface area contributed by atoms with E-state index in [-0.39, 0.29) is 23.3 Å². The van der Waals surface area contributed by atoms with Gasteiger partial charge in [0, 0.05) is 18.8 Å². The maximum Gasteiger partial charge on any atom is 0.302 e. The Balaban J connectivity index is 1.36. The highest BCUT2D eigenvalue weighted by molar-refractivity contribution is 5.66. The lowest BCUT2D eigenvalue weighted by Crippen LogP contribution is -2.55. The van der Waals surface area contributed by atoms with Crippen LogP contribution in [-0.2, 0) is 19.0 Å². The second-order valence-electron chi connectivity index (χ2n) is 10.5. The smallest absolute Gasteiger partial charge is 0.302 e. The SMILES string of the molecule is CC(=O)O[C@H]1CC[C@@H]2[C@H]3CC[C@@]4(C)[C@@H](CCC45OCCO5)[C@@H]3C[C@@H](C)[C@H]2C1. The van der Waals surface area contributed by atoms with Gasteiger partial charge in [0.15, 0.2) is 5.79 Å². The third-order valence-corrected chi connectivity index (χ3v) is 9.45. The molecule has 0 aromatic heterocycles. The summed E-state index contributed by atoms with van der Waals surface area (Å²) in [4.78, 5) is 11.4. The fourth-order valence-corrected chi connectivity index (χ4v) is 8.39. The van der Waals surface area contributed by atoms with Crippen LogP contribution in [-0.4, -0.2) is 31.1 Å². The van der Waals surface area contributed by atoms with E-state index in [0.29, 0.717) is 0 Å². The maximum absolute atomic E-state index is 11.4. The van der Waals surface area contributed by atoms with E-state index in [0.717, 1.165) is 68.0 Å². The summed E-state index contributed by atoms with van der Waals surface area (Å²) in [5, 5.41) is 0. The fourth-order valence-electron chi connectivity index (χ4n) is 8.39. The van der Waals surface area contributed by atoms with Crippen molar-refractivity contribution in [2.24, 2.45) is 40.9 Å². The Morgan fingerprint density at radius 2 is 1.67 bits per heavy atom. The minimum Gasteiger partial charge on any atom is -0.463 e. The molecular formula is C23H36O4. The van der Waals surface area contributed by atoms with Gasteiger partial charge in [-0.3, -0.25) is 4.79 Å². The molecule has 4 saturated carbocycles. The van der Waals surface area contributed by atoms with Gasteiger partial charge in [0.25, 0.3) is 0 Å². The van der Waals surface area contributed by atoms with Crippen molar-refractivity contribution in [2.45, 2.75) is 84.0 Å². The Labute approximate surface area is 163 Å². The number of fused-ring (bicyclic) bond motifs is 6. The molecule has 0 unspecified atom stereocenters. The molecule has 5 aliphatic rings. The van der Waals surface area contributed by atoms with Gasteiger partial charge in [-0.25, -0.2) is 0 Å². The fraction of sp³-hybridized carbons (Fsp3) is 0.957. The maximum atomic E-state index is 11.4. The van der Waals surface area contributed by atoms with E-state index in [4.69, 9.17) is 14.2 Å². The minimum atomic E-state index is -0.282. The van der Waals surface area contributed by atoms with Crippen LogP contribution in [0.2, 0.25) is 0 Å². The van der Waals surface area contributed by atoms with Crippen LogP contribution in [0.1, 0.15) is 72.1 Å². The summed E-state index contributed by atoms with van der Waals surface area (Å²) in [5.74, 6) is 4.36. The molecule has 1 saturated heterocycles. The van der Waals surface area contributed by atoms with Crippen molar-refractivity contribution in [3.63, 3.8) is 0 Å². The Hall–Kier alpha value is -0.610. The van der Waals surface area contributed by atoms with Gasteiger partial charge in [0.1, 0.15) is 6.10 Å². The summed E-state index contributed by atoms with van der Waals surface area (Å²) in [5.41, 5.74) is 0.201. The number of carbonyl (C=O) groups is 1. The lowest BCUT2D eigenvalue weighted by Gasteiger charge is -2.58. The van der Waals surface area contributed by atoms with Crippen LogP contribution in [0.3, 0.4) is 0 Å². The first-order chi connectivity index (χ1) is 12.9. The molecule has 5 rings (SSSR count). The van der Waals surface area contributed by atoms with Crippen LogP contribution in [0.4, 0.5) is 0 Å². The molecule has 152 valence electrons. The molecule has 0 aromatic carbocycles. The van der Waals surface area contributed by atoms with E-state index in [1.54, 1.807) is 6.92 Å². The molecule has 1 aliphatic heterocycles. The monoisotopic (exact) mass is 376 g/mol. The van der Waals surface area contributed by atoms with E-state index in [2.05, 4.69) is 13.8 Å². The number of hydrogen-bond acceptors (Lipinski definition) is 4. The molecule has 0 bridgehead atoms. The molecule has 8 atom stereocenters. The summed E-state index contributed by atoms with van der Waals surface area (Å²) in [6.45, 7) is 8.03. The molecule has 1 heterocycles. The third-order valence-electron chi connectivity index (χ3n) is 9.45. The third kappa shape index (κ3) is 2.65. The molecule has 4 nitrogen and oxygen atoms in total. The van der Waals surface area contributed by atoms with Gasteiger partial charge in [-0.05, 0) is 80.5 Å². The second kappa shape index (κ2) is 6.45. The minimum absolute atomic E-state index is 0.110. The van der Waals surface area contributed by atoms with Crippen LogP contribution < -0.4 is 0 Å². The van der Waals surface area contributed by atoms with Crippen molar-refractivity contribution >= 4 is 5.97 Å². The summed E-state index contributed by atoms with van der Waals surface area (Å²) < 4.78 is 18.1. The van der Waals surface area contributed by atoms with Crippen molar-refractivity contribution < 1.29 is 19.0 Å². The molecule has 27 heavy (non-hydrogen) atoms. The number of carbonyl (C=O) groups excluding carboxylic acids is 1. The molecule has 0 amide bonds. The molecule has 0 N–H and O–H groups in total. The van der Waals surface area contributed by atoms with E-state index in [1.807, 2.05) is 0 Å². The van der Waals surface area contributed by atoms with Crippen LogP contribution in [0, 0.1) is 40.9 Å². The standard InChI is InChI=1S/C23H36O4/c1-14-12-20-18(17-5-4-16(13-19(14)17)27-15(2)24)6-8-22(3)21(20)7-9-23(22)25-10-11-26-23/h14,16-21H,4-13H2,1-3H3/t14-,16+,17-,18-,19-,20-,21+,22+/m1/s1. The average molecular weight is 377 g/mol. The van der Waals surface area contributed by atoms with Crippen molar-refractivity contribution in [1.82, 2.24) is 0 Å². The largest absolute Gasteiger partial charge is 0.463 e. The average Bonchev–Trinajstić information content (AvgIpc) is 3.22. The van der Waals surface area contributed by atoms with Crippen LogP contribution in [0.5, 0.6) is 0 Å². The van der Waals surface area contributed by atoms with Gasteiger partial charge in [0.2, 0.25) is 0 Å². The van der Waals surface area contributed by atoms with Crippen molar-refractivity contribution in [3.8, 4) is 0 Å². The highest BCUT2D eigenvalue weighted by atomic mass is 16.7. The van der Waals surface area contributed by atoms with Gasteiger partial charge in [0.05, 0.1) is 13.2 Å².